The van der Waals surface area contributed by atoms with Gasteiger partial charge in [0.2, 0.25) is 0 Å². The average Bonchev–Trinajstić information content (AvgIpc) is 3.25. The van der Waals surface area contributed by atoms with Crippen LogP contribution in [0.1, 0.15) is 37.8 Å². The molecule has 1 saturated heterocycles. The van der Waals surface area contributed by atoms with E-state index in [4.69, 9.17) is 0 Å². The topological polar surface area (TPSA) is 41.0 Å². The van der Waals surface area contributed by atoms with E-state index in [9.17, 15) is 0 Å². The van der Waals surface area contributed by atoms with Crippen LogP contribution in [0.25, 0.3) is 0 Å². The van der Waals surface area contributed by atoms with Crippen LogP contribution in [0.5, 0.6) is 0 Å². The number of hydrogen-bond donors (Lipinski definition) is 1. The van der Waals surface area contributed by atoms with Crippen molar-refractivity contribution in [2.75, 3.05) is 13.1 Å². The van der Waals surface area contributed by atoms with Gasteiger partial charge < -0.3 is 5.32 Å². The van der Waals surface area contributed by atoms with Gasteiger partial charge in [0.25, 0.3) is 0 Å². The SMILES string of the molecule is c1cc(CN(CC2CCCCN2)C2CC2)ncn1. The summed E-state index contributed by atoms with van der Waals surface area (Å²) in [6.45, 7) is 3.34. The molecule has 98 valence electrons. The lowest BCUT2D eigenvalue weighted by molar-refractivity contribution is 0.206. The molecule has 2 heterocycles. The first-order valence-corrected chi connectivity index (χ1v) is 7.14. The van der Waals surface area contributed by atoms with E-state index in [1.807, 2.05) is 12.3 Å². The van der Waals surface area contributed by atoms with Crippen LogP contribution in [0.4, 0.5) is 0 Å². The summed E-state index contributed by atoms with van der Waals surface area (Å²) in [5, 5.41) is 3.64. The maximum Gasteiger partial charge on any atom is 0.115 e. The molecule has 3 rings (SSSR count). The van der Waals surface area contributed by atoms with Crippen LogP contribution in [-0.4, -0.2) is 40.0 Å². The third-order valence-corrected chi connectivity index (χ3v) is 3.94. The molecule has 1 aliphatic carbocycles. The van der Waals surface area contributed by atoms with E-state index in [-0.39, 0.29) is 0 Å². The molecule has 1 saturated carbocycles. The summed E-state index contributed by atoms with van der Waals surface area (Å²) in [4.78, 5) is 10.9. The summed E-state index contributed by atoms with van der Waals surface area (Å²) >= 11 is 0. The van der Waals surface area contributed by atoms with E-state index in [0.717, 1.165) is 18.3 Å². The minimum Gasteiger partial charge on any atom is -0.313 e. The molecule has 1 aromatic heterocycles. The summed E-state index contributed by atoms with van der Waals surface area (Å²) < 4.78 is 0. The summed E-state index contributed by atoms with van der Waals surface area (Å²) in [5.41, 5.74) is 1.15. The zero-order valence-electron chi connectivity index (χ0n) is 10.9. The molecule has 0 spiro atoms. The van der Waals surface area contributed by atoms with Crippen molar-refractivity contribution >= 4 is 0 Å². The first-order valence-electron chi connectivity index (χ1n) is 7.14. The maximum atomic E-state index is 4.35. The highest BCUT2D eigenvalue weighted by molar-refractivity contribution is 5.00. The van der Waals surface area contributed by atoms with Crippen LogP contribution >= 0.6 is 0 Å². The Balaban J connectivity index is 1.58. The number of piperidine rings is 1. The van der Waals surface area contributed by atoms with Crippen molar-refractivity contribution in [3.05, 3.63) is 24.3 Å². The Morgan fingerprint density at radius 1 is 1.28 bits per heavy atom. The summed E-state index contributed by atoms with van der Waals surface area (Å²) in [6, 6.07) is 3.51. The van der Waals surface area contributed by atoms with Gasteiger partial charge in [0.05, 0.1) is 5.69 Å². The predicted octanol–water partition coefficient (Wildman–Crippen LogP) is 1.58. The van der Waals surface area contributed by atoms with Gasteiger partial charge in [-0.05, 0) is 38.3 Å². The average molecular weight is 246 g/mol. The largest absolute Gasteiger partial charge is 0.313 e. The summed E-state index contributed by atoms with van der Waals surface area (Å²) in [7, 11) is 0. The molecule has 1 N–H and O–H groups in total. The number of nitrogens with zero attached hydrogens (tertiary/aromatic N) is 3. The van der Waals surface area contributed by atoms with Crippen molar-refractivity contribution in [2.45, 2.75) is 50.7 Å². The molecule has 0 aromatic carbocycles. The van der Waals surface area contributed by atoms with Gasteiger partial charge >= 0.3 is 0 Å². The first-order chi connectivity index (χ1) is 8.92. The smallest absolute Gasteiger partial charge is 0.115 e. The highest BCUT2D eigenvalue weighted by Gasteiger charge is 2.31. The quantitative estimate of drug-likeness (QED) is 0.856. The maximum absolute atomic E-state index is 4.35. The lowest BCUT2D eigenvalue weighted by Gasteiger charge is -2.30. The zero-order chi connectivity index (χ0) is 12.2. The molecule has 4 nitrogen and oxygen atoms in total. The number of nitrogens with one attached hydrogen (secondary N) is 1. The minimum absolute atomic E-state index is 0.682. The summed E-state index contributed by atoms with van der Waals surface area (Å²) in [5.74, 6) is 0. The fourth-order valence-corrected chi connectivity index (χ4v) is 2.76. The Hall–Kier alpha value is -1.00. The molecule has 18 heavy (non-hydrogen) atoms. The Morgan fingerprint density at radius 3 is 2.89 bits per heavy atom. The van der Waals surface area contributed by atoms with E-state index >= 15 is 0 Å². The van der Waals surface area contributed by atoms with Gasteiger partial charge in [-0.1, -0.05) is 6.42 Å². The van der Waals surface area contributed by atoms with Gasteiger partial charge in [-0.2, -0.15) is 0 Å². The van der Waals surface area contributed by atoms with Crippen molar-refractivity contribution < 1.29 is 0 Å². The monoisotopic (exact) mass is 246 g/mol. The van der Waals surface area contributed by atoms with Crippen molar-refractivity contribution in [3.8, 4) is 0 Å². The molecule has 4 heteroatoms. The van der Waals surface area contributed by atoms with Gasteiger partial charge in [-0.25, -0.2) is 9.97 Å². The van der Waals surface area contributed by atoms with Gasteiger partial charge in [-0.3, -0.25) is 4.90 Å². The molecule has 0 radical (unpaired) electrons. The summed E-state index contributed by atoms with van der Waals surface area (Å²) in [6.07, 6.45) is 10.3. The molecular weight excluding hydrogens is 224 g/mol. The zero-order valence-corrected chi connectivity index (χ0v) is 10.9. The lowest BCUT2D eigenvalue weighted by Crippen LogP contribution is -2.44. The molecule has 0 amide bonds. The van der Waals surface area contributed by atoms with Gasteiger partial charge in [0.15, 0.2) is 0 Å². The van der Waals surface area contributed by atoms with Crippen LogP contribution in [0.2, 0.25) is 0 Å². The van der Waals surface area contributed by atoms with E-state index < -0.39 is 0 Å². The minimum atomic E-state index is 0.682. The number of aromatic nitrogens is 2. The van der Waals surface area contributed by atoms with Crippen LogP contribution in [0, 0.1) is 0 Å². The van der Waals surface area contributed by atoms with E-state index in [2.05, 4.69) is 20.2 Å². The van der Waals surface area contributed by atoms with Crippen LogP contribution in [0.3, 0.4) is 0 Å². The predicted molar refractivity (Wildman–Crippen MR) is 71.1 cm³/mol. The van der Waals surface area contributed by atoms with Crippen molar-refractivity contribution in [3.63, 3.8) is 0 Å². The molecular formula is C14H22N4. The molecule has 1 aromatic rings. The van der Waals surface area contributed by atoms with Crippen molar-refractivity contribution in [1.82, 2.24) is 20.2 Å². The number of rotatable bonds is 5. The second kappa shape index (κ2) is 5.76. The van der Waals surface area contributed by atoms with Crippen LogP contribution in [0.15, 0.2) is 18.6 Å². The third-order valence-electron chi connectivity index (χ3n) is 3.94. The Labute approximate surface area is 109 Å². The highest BCUT2D eigenvalue weighted by Crippen LogP contribution is 2.28. The second-order valence-electron chi connectivity index (χ2n) is 5.51. The highest BCUT2D eigenvalue weighted by atomic mass is 15.2. The molecule has 2 fully saturated rings. The third kappa shape index (κ3) is 3.27. The van der Waals surface area contributed by atoms with Crippen LogP contribution < -0.4 is 5.32 Å². The molecule has 1 unspecified atom stereocenters. The number of hydrogen-bond acceptors (Lipinski definition) is 4. The van der Waals surface area contributed by atoms with Gasteiger partial charge in [0.1, 0.15) is 6.33 Å². The van der Waals surface area contributed by atoms with Crippen molar-refractivity contribution in [1.29, 1.82) is 0 Å². The van der Waals surface area contributed by atoms with Crippen molar-refractivity contribution in [2.24, 2.45) is 0 Å². The first kappa shape index (κ1) is 12.1. The van der Waals surface area contributed by atoms with E-state index in [1.165, 1.54) is 45.2 Å². The Bertz CT molecular complexity index is 357. The standard InChI is InChI=1S/C14H22N4/c1-2-7-16-12(3-1)9-18(14-4-5-14)10-13-6-8-15-11-17-13/h6,8,11-12,14,16H,1-5,7,9-10H2. The molecule has 2 aliphatic rings. The fraction of sp³-hybridized carbons (Fsp3) is 0.714. The van der Waals surface area contributed by atoms with E-state index in [0.29, 0.717) is 6.04 Å². The van der Waals surface area contributed by atoms with Crippen LogP contribution in [-0.2, 0) is 6.54 Å². The Morgan fingerprint density at radius 2 is 2.22 bits per heavy atom. The molecule has 1 atom stereocenters. The molecule has 0 bridgehead atoms. The normalized spacial score (nSPS) is 24.4. The van der Waals surface area contributed by atoms with Gasteiger partial charge in [-0.15, -0.1) is 0 Å². The fourth-order valence-electron chi connectivity index (χ4n) is 2.76. The molecule has 1 aliphatic heterocycles. The van der Waals surface area contributed by atoms with Gasteiger partial charge in [0, 0.05) is 31.4 Å². The van der Waals surface area contributed by atoms with E-state index in [1.54, 1.807) is 6.33 Å². The Kier molecular flexibility index (Phi) is 3.86. The lowest BCUT2D eigenvalue weighted by atomic mass is 10.0. The second-order valence-corrected chi connectivity index (χ2v) is 5.51.